The summed E-state index contributed by atoms with van der Waals surface area (Å²) in [7, 11) is 0. The monoisotopic (exact) mass is 294 g/mol. The van der Waals surface area contributed by atoms with Crippen molar-refractivity contribution in [2.75, 3.05) is 18.0 Å². The van der Waals surface area contributed by atoms with Crippen LogP contribution in [0.5, 0.6) is 0 Å². The number of hydrogen-bond acceptors (Lipinski definition) is 2. The standard InChI is InChI=1S/C17H27ClN2/c1-4-9-20(12-14-5-6-14)17-8-7-15(10-16(17)18)11-19-13(2)3/h7-8,10,13-14,19H,4-6,9,11-12H2,1-3H3. The van der Waals surface area contributed by atoms with E-state index in [-0.39, 0.29) is 0 Å². The van der Waals surface area contributed by atoms with Crippen molar-refractivity contribution in [1.82, 2.24) is 5.32 Å². The summed E-state index contributed by atoms with van der Waals surface area (Å²) in [4.78, 5) is 2.46. The maximum atomic E-state index is 6.51. The van der Waals surface area contributed by atoms with Gasteiger partial charge in [-0.25, -0.2) is 0 Å². The Morgan fingerprint density at radius 1 is 1.35 bits per heavy atom. The van der Waals surface area contributed by atoms with Gasteiger partial charge in [0.15, 0.2) is 0 Å². The zero-order valence-corrected chi connectivity index (χ0v) is 13.7. The molecule has 2 nitrogen and oxygen atoms in total. The molecule has 1 fully saturated rings. The van der Waals surface area contributed by atoms with Crippen molar-refractivity contribution in [3.8, 4) is 0 Å². The van der Waals surface area contributed by atoms with Crippen molar-refractivity contribution >= 4 is 17.3 Å². The number of nitrogens with one attached hydrogen (secondary N) is 1. The average molecular weight is 295 g/mol. The third kappa shape index (κ3) is 4.68. The molecule has 0 amide bonds. The molecule has 3 heteroatoms. The fraction of sp³-hybridized carbons (Fsp3) is 0.647. The Hall–Kier alpha value is -0.730. The minimum Gasteiger partial charge on any atom is -0.370 e. The number of nitrogens with zero attached hydrogens (tertiary/aromatic N) is 1. The third-order valence-electron chi connectivity index (χ3n) is 3.74. The van der Waals surface area contributed by atoms with Crippen LogP contribution in [0.15, 0.2) is 18.2 Å². The highest BCUT2D eigenvalue weighted by molar-refractivity contribution is 6.33. The van der Waals surface area contributed by atoms with E-state index in [4.69, 9.17) is 11.6 Å². The number of benzene rings is 1. The lowest BCUT2D eigenvalue weighted by molar-refractivity contribution is 0.589. The van der Waals surface area contributed by atoms with Crippen LogP contribution in [0.3, 0.4) is 0 Å². The Kier molecular flexibility index (Phi) is 5.74. The summed E-state index contributed by atoms with van der Waals surface area (Å²) in [6.07, 6.45) is 3.93. The van der Waals surface area contributed by atoms with Crippen LogP contribution in [-0.4, -0.2) is 19.1 Å². The van der Waals surface area contributed by atoms with Crippen molar-refractivity contribution in [3.63, 3.8) is 0 Å². The van der Waals surface area contributed by atoms with Gasteiger partial charge in [0, 0.05) is 25.7 Å². The molecule has 0 atom stereocenters. The van der Waals surface area contributed by atoms with Crippen LogP contribution in [0.25, 0.3) is 0 Å². The van der Waals surface area contributed by atoms with Crippen LogP contribution >= 0.6 is 11.6 Å². The highest BCUT2D eigenvalue weighted by Gasteiger charge is 2.25. The lowest BCUT2D eigenvalue weighted by Crippen LogP contribution is -2.27. The first-order valence-electron chi connectivity index (χ1n) is 7.87. The molecule has 1 aromatic carbocycles. The summed E-state index contributed by atoms with van der Waals surface area (Å²) in [5, 5.41) is 4.32. The SMILES string of the molecule is CCCN(CC1CC1)c1ccc(CNC(C)C)cc1Cl. The summed E-state index contributed by atoms with van der Waals surface area (Å²) in [6, 6.07) is 7.01. The second-order valence-corrected chi connectivity index (χ2v) is 6.62. The molecule has 0 heterocycles. The topological polar surface area (TPSA) is 15.3 Å². The van der Waals surface area contributed by atoms with Gasteiger partial charge in [-0.2, -0.15) is 0 Å². The molecule has 0 spiro atoms. The molecule has 1 aromatic rings. The van der Waals surface area contributed by atoms with Crippen LogP contribution in [-0.2, 0) is 6.54 Å². The van der Waals surface area contributed by atoms with Crippen molar-refractivity contribution in [2.45, 2.75) is 52.6 Å². The zero-order valence-electron chi connectivity index (χ0n) is 13.0. The minimum atomic E-state index is 0.500. The van der Waals surface area contributed by atoms with Gasteiger partial charge < -0.3 is 10.2 Å². The third-order valence-corrected chi connectivity index (χ3v) is 4.04. The summed E-state index contributed by atoms with van der Waals surface area (Å²) >= 11 is 6.51. The molecule has 0 bridgehead atoms. The Morgan fingerprint density at radius 3 is 2.65 bits per heavy atom. The van der Waals surface area contributed by atoms with E-state index >= 15 is 0 Å². The first kappa shape index (κ1) is 15.7. The summed E-state index contributed by atoms with van der Waals surface area (Å²) in [6.45, 7) is 9.70. The van der Waals surface area contributed by atoms with Crippen LogP contribution in [0, 0.1) is 5.92 Å². The first-order chi connectivity index (χ1) is 9.60. The van der Waals surface area contributed by atoms with Gasteiger partial charge in [0.1, 0.15) is 0 Å². The molecule has 0 aliphatic heterocycles. The second-order valence-electron chi connectivity index (χ2n) is 6.21. The van der Waals surface area contributed by atoms with Gasteiger partial charge in [-0.15, -0.1) is 0 Å². The van der Waals surface area contributed by atoms with Crippen molar-refractivity contribution in [1.29, 1.82) is 0 Å². The largest absolute Gasteiger partial charge is 0.370 e. The lowest BCUT2D eigenvalue weighted by Gasteiger charge is -2.25. The predicted octanol–water partition coefficient (Wildman–Crippen LogP) is 4.46. The smallest absolute Gasteiger partial charge is 0.0642 e. The van der Waals surface area contributed by atoms with Gasteiger partial charge in [-0.1, -0.05) is 38.4 Å². The van der Waals surface area contributed by atoms with Gasteiger partial charge in [0.25, 0.3) is 0 Å². The fourth-order valence-electron chi connectivity index (χ4n) is 2.43. The van der Waals surface area contributed by atoms with Crippen LogP contribution in [0.1, 0.15) is 45.6 Å². The summed E-state index contributed by atoms with van der Waals surface area (Å²) < 4.78 is 0. The molecule has 20 heavy (non-hydrogen) atoms. The number of rotatable bonds is 8. The Bertz CT molecular complexity index is 427. The number of hydrogen-bond donors (Lipinski definition) is 1. The molecule has 112 valence electrons. The number of halogens is 1. The molecule has 1 N–H and O–H groups in total. The van der Waals surface area contributed by atoms with Crippen LogP contribution < -0.4 is 10.2 Å². The van der Waals surface area contributed by atoms with Crippen molar-refractivity contribution in [3.05, 3.63) is 28.8 Å². The fourth-order valence-corrected chi connectivity index (χ4v) is 2.75. The Balaban J connectivity index is 2.05. The van der Waals surface area contributed by atoms with Crippen LogP contribution in [0.2, 0.25) is 5.02 Å². The van der Waals surface area contributed by atoms with E-state index in [2.05, 4.69) is 49.2 Å². The quantitative estimate of drug-likeness (QED) is 0.761. The molecule has 1 saturated carbocycles. The maximum absolute atomic E-state index is 6.51. The van der Waals surface area contributed by atoms with Gasteiger partial charge in [0.05, 0.1) is 10.7 Å². The molecule has 0 saturated heterocycles. The van der Waals surface area contributed by atoms with Gasteiger partial charge in [-0.05, 0) is 42.9 Å². The van der Waals surface area contributed by atoms with Crippen LogP contribution in [0.4, 0.5) is 5.69 Å². The maximum Gasteiger partial charge on any atom is 0.0642 e. The lowest BCUT2D eigenvalue weighted by atomic mass is 10.1. The summed E-state index contributed by atoms with van der Waals surface area (Å²) in [5.74, 6) is 0.889. The molecule has 1 aliphatic rings. The van der Waals surface area contributed by atoms with E-state index in [1.165, 1.54) is 30.5 Å². The molecule has 0 aromatic heterocycles. The minimum absolute atomic E-state index is 0.500. The Morgan fingerprint density at radius 2 is 2.10 bits per heavy atom. The summed E-state index contributed by atoms with van der Waals surface area (Å²) in [5.41, 5.74) is 2.46. The van der Waals surface area contributed by atoms with E-state index in [1.54, 1.807) is 0 Å². The predicted molar refractivity (Wildman–Crippen MR) is 88.7 cm³/mol. The normalized spacial score (nSPS) is 14.8. The van der Waals surface area contributed by atoms with Crippen molar-refractivity contribution < 1.29 is 0 Å². The zero-order chi connectivity index (χ0) is 14.5. The van der Waals surface area contributed by atoms with E-state index in [0.29, 0.717) is 6.04 Å². The van der Waals surface area contributed by atoms with E-state index < -0.39 is 0 Å². The van der Waals surface area contributed by atoms with Crippen molar-refractivity contribution in [2.24, 2.45) is 5.92 Å². The van der Waals surface area contributed by atoms with Gasteiger partial charge in [0.2, 0.25) is 0 Å². The average Bonchev–Trinajstić information content (AvgIpc) is 3.20. The molecular weight excluding hydrogens is 268 g/mol. The van der Waals surface area contributed by atoms with Gasteiger partial charge in [-0.3, -0.25) is 0 Å². The molecule has 0 radical (unpaired) electrons. The molecule has 2 rings (SSSR count). The highest BCUT2D eigenvalue weighted by Crippen LogP contribution is 2.34. The second kappa shape index (κ2) is 7.33. The van der Waals surface area contributed by atoms with E-state index in [1.807, 2.05) is 0 Å². The highest BCUT2D eigenvalue weighted by atomic mass is 35.5. The molecular formula is C17H27ClN2. The van der Waals surface area contributed by atoms with Gasteiger partial charge >= 0.3 is 0 Å². The van der Waals surface area contributed by atoms with E-state index in [9.17, 15) is 0 Å². The first-order valence-corrected chi connectivity index (χ1v) is 8.24. The van der Waals surface area contributed by atoms with E-state index in [0.717, 1.165) is 30.6 Å². The number of anilines is 1. The molecule has 0 unspecified atom stereocenters. The molecule has 1 aliphatic carbocycles. The Labute approximate surface area is 128 Å².